The standard InChI is InChI=1S/C13H16N2OS/c1-4-9(3)12(16)15-13-14-10-6-5-8(2)7-11(10)17-13/h5-7,9H,4H2,1-3H3,(H,14,15,16)/t9-/m0/s1. The van der Waals surface area contributed by atoms with Crippen molar-refractivity contribution < 1.29 is 4.79 Å². The number of aromatic nitrogens is 1. The number of aryl methyl sites for hydroxylation is 1. The van der Waals surface area contributed by atoms with E-state index in [0.717, 1.165) is 16.6 Å². The van der Waals surface area contributed by atoms with Crippen LogP contribution in [0.3, 0.4) is 0 Å². The van der Waals surface area contributed by atoms with Gasteiger partial charge in [-0.05, 0) is 31.0 Å². The lowest BCUT2D eigenvalue weighted by Crippen LogP contribution is -2.19. The average Bonchev–Trinajstić information content (AvgIpc) is 2.69. The summed E-state index contributed by atoms with van der Waals surface area (Å²) in [5.41, 5.74) is 2.15. The molecular formula is C13H16N2OS. The van der Waals surface area contributed by atoms with E-state index in [4.69, 9.17) is 0 Å². The molecule has 4 heteroatoms. The normalized spacial score (nSPS) is 12.6. The first-order valence-corrected chi connectivity index (χ1v) is 6.60. The summed E-state index contributed by atoms with van der Waals surface area (Å²) < 4.78 is 1.12. The first kappa shape index (κ1) is 12.0. The predicted octanol–water partition coefficient (Wildman–Crippen LogP) is 3.59. The van der Waals surface area contributed by atoms with E-state index in [1.165, 1.54) is 16.9 Å². The molecule has 90 valence electrons. The minimum Gasteiger partial charge on any atom is -0.302 e. The lowest BCUT2D eigenvalue weighted by Gasteiger charge is -2.06. The Balaban J connectivity index is 2.22. The predicted molar refractivity (Wildman–Crippen MR) is 72.4 cm³/mol. The number of carbonyl (C=O) groups is 1. The fourth-order valence-corrected chi connectivity index (χ4v) is 2.47. The summed E-state index contributed by atoms with van der Waals surface area (Å²) >= 11 is 1.52. The van der Waals surface area contributed by atoms with Gasteiger partial charge >= 0.3 is 0 Å². The van der Waals surface area contributed by atoms with E-state index in [-0.39, 0.29) is 11.8 Å². The topological polar surface area (TPSA) is 42.0 Å². The van der Waals surface area contributed by atoms with Crippen molar-refractivity contribution in [3.05, 3.63) is 23.8 Å². The minimum absolute atomic E-state index is 0.0312. The SMILES string of the molecule is CC[C@H](C)C(=O)Nc1nc2ccc(C)cc2s1. The number of hydrogen-bond acceptors (Lipinski definition) is 3. The molecule has 0 unspecified atom stereocenters. The Morgan fingerprint density at radius 2 is 2.29 bits per heavy atom. The Labute approximate surface area is 105 Å². The summed E-state index contributed by atoms with van der Waals surface area (Å²) in [6.45, 7) is 5.98. The van der Waals surface area contributed by atoms with E-state index >= 15 is 0 Å². The second-order valence-corrected chi connectivity index (χ2v) is 5.32. The van der Waals surface area contributed by atoms with Crippen molar-refractivity contribution in [3.8, 4) is 0 Å². The number of anilines is 1. The van der Waals surface area contributed by atoms with Crippen molar-refractivity contribution in [1.29, 1.82) is 0 Å². The molecular weight excluding hydrogens is 232 g/mol. The molecule has 1 amide bonds. The quantitative estimate of drug-likeness (QED) is 0.902. The van der Waals surface area contributed by atoms with Crippen LogP contribution < -0.4 is 5.32 Å². The molecule has 0 spiro atoms. The van der Waals surface area contributed by atoms with Gasteiger partial charge in [-0.15, -0.1) is 0 Å². The van der Waals surface area contributed by atoms with Crippen LogP contribution in [0.2, 0.25) is 0 Å². The number of carbonyl (C=O) groups excluding carboxylic acids is 1. The Kier molecular flexibility index (Phi) is 3.43. The summed E-state index contributed by atoms with van der Waals surface area (Å²) in [5.74, 6) is 0.0760. The zero-order valence-electron chi connectivity index (χ0n) is 10.3. The first-order chi connectivity index (χ1) is 8.10. The third-order valence-corrected chi connectivity index (χ3v) is 3.77. The summed E-state index contributed by atoms with van der Waals surface area (Å²) in [4.78, 5) is 16.1. The van der Waals surface area contributed by atoms with Crippen LogP contribution in [0.5, 0.6) is 0 Å². The molecule has 1 N–H and O–H groups in total. The number of benzene rings is 1. The monoisotopic (exact) mass is 248 g/mol. The third-order valence-electron chi connectivity index (χ3n) is 2.83. The first-order valence-electron chi connectivity index (χ1n) is 5.78. The number of nitrogens with zero attached hydrogens (tertiary/aromatic N) is 1. The van der Waals surface area contributed by atoms with Crippen LogP contribution in [0.4, 0.5) is 5.13 Å². The van der Waals surface area contributed by atoms with Gasteiger partial charge in [-0.2, -0.15) is 0 Å². The largest absolute Gasteiger partial charge is 0.302 e. The molecule has 3 nitrogen and oxygen atoms in total. The zero-order chi connectivity index (χ0) is 12.4. The number of fused-ring (bicyclic) bond motifs is 1. The number of hydrogen-bond donors (Lipinski definition) is 1. The lowest BCUT2D eigenvalue weighted by molar-refractivity contribution is -0.119. The van der Waals surface area contributed by atoms with E-state index in [9.17, 15) is 4.79 Å². The van der Waals surface area contributed by atoms with Crippen LogP contribution in [0.1, 0.15) is 25.8 Å². The number of rotatable bonds is 3. The van der Waals surface area contributed by atoms with E-state index in [1.54, 1.807) is 0 Å². The van der Waals surface area contributed by atoms with Gasteiger partial charge in [0.15, 0.2) is 5.13 Å². The Morgan fingerprint density at radius 1 is 1.53 bits per heavy atom. The highest BCUT2D eigenvalue weighted by Crippen LogP contribution is 2.27. The zero-order valence-corrected chi connectivity index (χ0v) is 11.1. The Hall–Kier alpha value is -1.42. The summed E-state index contributed by atoms with van der Waals surface area (Å²) in [5, 5.41) is 3.56. The summed E-state index contributed by atoms with van der Waals surface area (Å²) in [6.07, 6.45) is 0.843. The highest BCUT2D eigenvalue weighted by molar-refractivity contribution is 7.22. The summed E-state index contributed by atoms with van der Waals surface area (Å²) in [7, 11) is 0. The number of nitrogens with one attached hydrogen (secondary N) is 1. The Morgan fingerprint density at radius 3 is 3.00 bits per heavy atom. The maximum Gasteiger partial charge on any atom is 0.228 e. The van der Waals surface area contributed by atoms with Crippen molar-refractivity contribution in [2.24, 2.45) is 5.92 Å². The van der Waals surface area contributed by atoms with Gasteiger partial charge in [0.25, 0.3) is 0 Å². The van der Waals surface area contributed by atoms with Crippen molar-refractivity contribution >= 4 is 32.6 Å². The molecule has 0 bridgehead atoms. The van der Waals surface area contributed by atoms with E-state index in [1.807, 2.05) is 26.0 Å². The molecule has 0 fully saturated rings. The van der Waals surface area contributed by atoms with Gasteiger partial charge in [0, 0.05) is 5.92 Å². The van der Waals surface area contributed by atoms with Crippen LogP contribution in [0.15, 0.2) is 18.2 Å². The molecule has 1 heterocycles. The molecule has 1 aromatic carbocycles. The second-order valence-electron chi connectivity index (χ2n) is 4.29. The van der Waals surface area contributed by atoms with E-state index < -0.39 is 0 Å². The summed E-state index contributed by atoms with van der Waals surface area (Å²) in [6, 6.07) is 6.11. The van der Waals surface area contributed by atoms with Gasteiger partial charge in [-0.1, -0.05) is 31.3 Å². The minimum atomic E-state index is 0.0312. The molecule has 0 radical (unpaired) electrons. The van der Waals surface area contributed by atoms with Crippen LogP contribution in [-0.4, -0.2) is 10.9 Å². The van der Waals surface area contributed by atoms with Gasteiger partial charge in [0.1, 0.15) is 0 Å². The maximum absolute atomic E-state index is 11.7. The van der Waals surface area contributed by atoms with Crippen LogP contribution in [0, 0.1) is 12.8 Å². The molecule has 0 aliphatic rings. The molecule has 2 aromatic rings. The van der Waals surface area contributed by atoms with Gasteiger partial charge in [0.05, 0.1) is 10.2 Å². The number of amides is 1. The molecule has 0 saturated heterocycles. The molecule has 17 heavy (non-hydrogen) atoms. The molecule has 0 aliphatic carbocycles. The smallest absolute Gasteiger partial charge is 0.228 e. The molecule has 2 rings (SSSR count). The highest BCUT2D eigenvalue weighted by atomic mass is 32.1. The van der Waals surface area contributed by atoms with Gasteiger partial charge in [0.2, 0.25) is 5.91 Å². The highest BCUT2D eigenvalue weighted by Gasteiger charge is 2.12. The number of thiazole rings is 1. The van der Waals surface area contributed by atoms with Gasteiger partial charge < -0.3 is 5.32 Å². The lowest BCUT2D eigenvalue weighted by atomic mass is 10.1. The molecule has 1 atom stereocenters. The molecule has 0 saturated carbocycles. The van der Waals surface area contributed by atoms with E-state index in [2.05, 4.69) is 23.3 Å². The van der Waals surface area contributed by atoms with Crippen molar-refractivity contribution in [2.75, 3.05) is 5.32 Å². The maximum atomic E-state index is 11.7. The van der Waals surface area contributed by atoms with Crippen LogP contribution in [-0.2, 0) is 4.79 Å². The second kappa shape index (κ2) is 4.84. The van der Waals surface area contributed by atoms with Gasteiger partial charge in [-0.25, -0.2) is 4.98 Å². The van der Waals surface area contributed by atoms with Crippen molar-refractivity contribution in [2.45, 2.75) is 27.2 Å². The van der Waals surface area contributed by atoms with Crippen LogP contribution >= 0.6 is 11.3 Å². The van der Waals surface area contributed by atoms with E-state index in [0.29, 0.717) is 5.13 Å². The fraction of sp³-hybridized carbons (Fsp3) is 0.385. The fourth-order valence-electron chi connectivity index (χ4n) is 1.50. The third kappa shape index (κ3) is 2.64. The van der Waals surface area contributed by atoms with Gasteiger partial charge in [-0.3, -0.25) is 4.79 Å². The molecule has 0 aliphatic heterocycles. The van der Waals surface area contributed by atoms with Crippen molar-refractivity contribution in [1.82, 2.24) is 4.98 Å². The van der Waals surface area contributed by atoms with Crippen molar-refractivity contribution in [3.63, 3.8) is 0 Å². The molecule has 1 aromatic heterocycles. The average molecular weight is 248 g/mol. The Bertz CT molecular complexity index is 547. The van der Waals surface area contributed by atoms with Crippen LogP contribution in [0.25, 0.3) is 10.2 Å².